The van der Waals surface area contributed by atoms with E-state index in [0.29, 0.717) is 36.2 Å². The third-order valence-corrected chi connectivity index (χ3v) is 16.7. The molecule has 0 unspecified atom stereocenters. The lowest BCUT2D eigenvalue weighted by Crippen LogP contribution is -2.35. The van der Waals surface area contributed by atoms with Crippen LogP contribution in [-0.2, 0) is 38.5 Å². The second-order valence-electron chi connectivity index (χ2n) is 26.6. The van der Waals surface area contributed by atoms with Crippen molar-refractivity contribution in [2.24, 2.45) is 35.5 Å². The first-order chi connectivity index (χ1) is 40.0. The van der Waals surface area contributed by atoms with E-state index < -0.39 is 0 Å². The van der Waals surface area contributed by atoms with Crippen LogP contribution in [0.3, 0.4) is 0 Å². The first-order valence-corrected chi connectivity index (χ1v) is 33.9. The molecule has 8 rings (SSSR count). The fourth-order valence-electron chi connectivity index (χ4n) is 10.4. The van der Waals surface area contributed by atoms with E-state index in [1.807, 2.05) is 70.8 Å². The van der Waals surface area contributed by atoms with Crippen molar-refractivity contribution in [2.75, 3.05) is 39.9 Å². The molecular weight excluding hydrogens is 1040 g/mol. The summed E-state index contributed by atoms with van der Waals surface area (Å²) in [6.45, 7) is 41.2. The number of carbonyl (C=O) groups excluding carboxylic acids is 3. The van der Waals surface area contributed by atoms with Crippen molar-refractivity contribution < 1.29 is 19.1 Å². The summed E-state index contributed by atoms with van der Waals surface area (Å²) in [5.74, 6) is 4.41. The third kappa shape index (κ3) is 38.9. The minimum absolute atomic E-state index is 0.116. The van der Waals surface area contributed by atoms with Gasteiger partial charge in [-0.05, 0) is 184 Å². The number of aromatic amines is 1. The second-order valence-corrected chi connectivity index (χ2v) is 26.6. The minimum atomic E-state index is 0.116. The number of Topliss-reactive ketones (excluding diaryl/α,β-unsaturated/α-hetero) is 3. The fourth-order valence-corrected chi connectivity index (χ4v) is 10.4. The molecule has 5 heterocycles. The van der Waals surface area contributed by atoms with Crippen LogP contribution in [0, 0.1) is 35.5 Å². The van der Waals surface area contributed by atoms with Crippen LogP contribution in [-0.4, -0.2) is 104 Å². The van der Waals surface area contributed by atoms with E-state index in [4.69, 9.17) is 4.74 Å². The zero-order valence-electron chi connectivity index (χ0n) is 57.3. The SMILES string of the molecule is CC(C)C(=O)CC1CCCCC1.CC(C)C(=O)CCc1cccnc1.CC(C)C(=O)Cc1cn[nH]c1.CC(C)C1=CCCCC1.CC(C)C1=CCCCC1.CC(C)N1CCCCC1.CC(C)N1CCCCC1.COCCn1cc(C(C)C)cn1. The maximum Gasteiger partial charge on any atom is 0.139 e. The number of pyridine rings is 1. The Bertz CT molecular complexity index is 2070. The molecule has 2 aliphatic heterocycles. The highest BCUT2D eigenvalue weighted by Crippen LogP contribution is 2.28. The highest BCUT2D eigenvalue weighted by atomic mass is 16.5. The Kier molecular flexibility index (Phi) is 44.6. The van der Waals surface area contributed by atoms with Gasteiger partial charge in [0.05, 0.1) is 25.5 Å². The van der Waals surface area contributed by atoms with Crippen molar-refractivity contribution in [3.63, 3.8) is 0 Å². The second kappa shape index (κ2) is 48.0. The molecule has 3 fully saturated rings. The number of methoxy groups -OCH3 is 1. The zero-order valence-corrected chi connectivity index (χ0v) is 57.3. The lowest BCUT2D eigenvalue weighted by Gasteiger charge is -2.29. The van der Waals surface area contributed by atoms with Gasteiger partial charge in [-0.25, -0.2) is 0 Å². The van der Waals surface area contributed by atoms with Gasteiger partial charge in [0.25, 0.3) is 0 Å². The Labute approximate surface area is 516 Å². The molecule has 0 amide bonds. The molecule has 3 aliphatic carbocycles. The lowest BCUT2D eigenvalue weighted by molar-refractivity contribution is -0.123. The average Bonchev–Trinajstić information content (AvgIpc) is 4.23. The number of rotatable bonds is 18. The quantitative estimate of drug-likeness (QED) is 0.124. The van der Waals surface area contributed by atoms with E-state index in [1.54, 1.807) is 36.8 Å². The maximum atomic E-state index is 11.4. The molecule has 0 aromatic carbocycles. The predicted molar refractivity (Wildman–Crippen MR) is 358 cm³/mol. The van der Waals surface area contributed by atoms with Crippen LogP contribution < -0.4 is 0 Å². The number of H-pyrrole nitrogens is 1. The Balaban J connectivity index is 0.000000482. The number of aromatic nitrogens is 5. The number of aryl methyl sites for hydroxylation is 1. The molecule has 0 radical (unpaired) electrons. The Morgan fingerprint density at radius 3 is 1.45 bits per heavy atom. The molecule has 11 heteroatoms. The van der Waals surface area contributed by atoms with Crippen LogP contribution in [0.5, 0.6) is 0 Å². The molecule has 0 spiro atoms. The molecule has 3 aromatic heterocycles. The Morgan fingerprint density at radius 1 is 0.583 bits per heavy atom. The van der Waals surface area contributed by atoms with Crippen molar-refractivity contribution in [3.05, 3.63) is 89.3 Å². The van der Waals surface area contributed by atoms with E-state index in [-0.39, 0.29) is 23.5 Å². The van der Waals surface area contributed by atoms with E-state index >= 15 is 0 Å². The van der Waals surface area contributed by atoms with Crippen molar-refractivity contribution in [2.45, 2.75) is 283 Å². The van der Waals surface area contributed by atoms with Crippen LogP contribution >= 0.6 is 0 Å². The molecule has 1 N–H and O–H groups in total. The number of ether oxygens (including phenoxy) is 1. The van der Waals surface area contributed by atoms with Gasteiger partial charge >= 0.3 is 0 Å². The average molecular weight is 1170 g/mol. The topological polar surface area (TPSA) is 126 Å². The van der Waals surface area contributed by atoms with Crippen molar-refractivity contribution in [1.82, 2.24) is 34.8 Å². The standard InChI is InChI=1S/C11H15NO.C11H20O.C9H16N2O.2C9H16.C8H12N2O.2C8H17N/c1-9(2)11(13)6-5-10-4-3-7-12-8-10;1-9(2)11(12)8-10-6-4-3-5-7-10;1-8(2)9-6-10-11(7-9)4-5-12-3;2*1-8(2)9-6-4-3-5-7-9;1-6(2)8(11)3-7-4-9-10-5-7;2*1-8(2)9-6-4-3-5-7-9/h3-4,7-9H,5-6H2,1-2H3;9-10H,3-8H2,1-2H3;6-8H,4-5H2,1-3H3;2*6,8H,3-5,7H2,1-2H3;4-6H,3H2,1-2H3,(H,9,10);2*8H,3-7H2,1-2H3. The molecule has 0 bridgehead atoms. The molecule has 5 aliphatic rings. The summed E-state index contributed by atoms with van der Waals surface area (Å²) < 4.78 is 6.87. The number of likely N-dealkylation sites (tertiary alicyclic amines) is 2. The molecular formula is C73H129N7O4. The summed E-state index contributed by atoms with van der Waals surface area (Å²) in [7, 11) is 1.70. The first kappa shape index (κ1) is 78.0. The van der Waals surface area contributed by atoms with Gasteiger partial charge in [-0.3, -0.25) is 29.1 Å². The van der Waals surface area contributed by atoms with Gasteiger partial charge < -0.3 is 14.5 Å². The van der Waals surface area contributed by atoms with Crippen molar-refractivity contribution >= 4 is 17.3 Å². The summed E-state index contributed by atoms with van der Waals surface area (Å²) in [6, 6.07) is 5.44. The van der Waals surface area contributed by atoms with Crippen LogP contribution in [0.4, 0.5) is 0 Å². The summed E-state index contributed by atoms with van der Waals surface area (Å²) in [6.07, 6.45) is 44.8. The fraction of sp³-hybridized carbons (Fsp3) is 0.753. The van der Waals surface area contributed by atoms with E-state index in [9.17, 15) is 14.4 Å². The van der Waals surface area contributed by atoms with Gasteiger partial charge in [-0.1, -0.05) is 157 Å². The highest BCUT2D eigenvalue weighted by Gasteiger charge is 2.19. The Hall–Kier alpha value is -4.06. The van der Waals surface area contributed by atoms with Gasteiger partial charge in [0.2, 0.25) is 0 Å². The summed E-state index contributed by atoms with van der Waals surface area (Å²) >= 11 is 0. The van der Waals surface area contributed by atoms with Gasteiger partial charge in [-0.2, -0.15) is 10.2 Å². The molecule has 2 saturated heterocycles. The van der Waals surface area contributed by atoms with Crippen LogP contribution in [0.25, 0.3) is 0 Å². The van der Waals surface area contributed by atoms with Gasteiger partial charge in [0.15, 0.2) is 0 Å². The van der Waals surface area contributed by atoms with Crippen LogP contribution in [0.2, 0.25) is 0 Å². The molecule has 84 heavy (non-hydrogen) atoms. The maximum absolute atomic E-state index is 11.4. The molecule has 1 saturated carbocycles. The van der Waals surface area contributed by atoms with Crippen LogP contribution in [0.1, 0.15) is 268 Å². The molecule has 0 atom stereocenters. The smallest absolute Gasteiger partial charge is 0.139 e. The molecule has 480 valence electrons. The summed E-state index contributed by atoms with van der Waals surface area (Å²) in [5.41, 5.74) is 6.74. The molecule has 11 nitrogen and oxygen atoms in total. The number of ketones is 3. The number of hydrogen-bond acceptors (Lipinski definition) is 9. The first-order valence-electron chi connectivity index (χ1n) is 33.9. The van der Waals surface area contributed by atoms with Gasteiger partial charge in [0.1, 0.15) is 17.3 Å². The van der Waals surface area contributed by atoms with E-state index in [1.165, 1.54) is 154 Å². The number of nitrogens with zero attached hydrogens (tertiary/aromatic N) is 6. The van der Waals surface area contributed by atoms with Crippen molar-refractivity contribution in [1.29, 1.82) is 0 Å². The van der Waals surface area contributed by atoms with E-state index in [2.05, 4.69) is 118 Å². The monoisotopic (exact) mass is 1170 g/mol. The summed E-state index contributed by atoms with van der Waals surface area (Å²) in [4.78, 5) is 43.0. The lowest BCUT2D eigenvalue weighted by atomic mass is 9.84. The largest absolute Gasteiger partial charge is 0.383 e. The van der Waals surface area contributed by atoms with Crippen molar-refractivity contribution in [3.8, 4) is 0 Å². The number of nitrogens with one attached hydrogen (secondary N) is 1. The van der Waals surface area contributed by atoms with Gasteiger partial charge in [0, 0.05) is 81.0 Å². The highest BCUT2D eigenvalue weighted by molar-refractivity contribution is 5.82. The van der Waals surface area contributed by atoms with E-state index in [0.717, 1.165) is 61.0 Å². The molecule has 3 aromatic rings. The Morgan fingerprint density at radius 2 is 1.10 bits per heavy atom. The number of carbonyl (C=O) groups is 3. The number of allylic oxidation sites excluding steroid dienone is 4. The van der Waals surface area contributed by atoms with Crippen LogP contribution in [0.15, 0.2) is 72.6 Å². The minimum Gasteiger partial charge on any atom is -0.383 e. The van der Waals surface area contributed by atoms with Gasteiger partial charge in [-0.15, -0.1) is 0 Å². The number of hydrogen-bond donors (Lipinski definition) is 1. The number of piperidine rings is 2. The zero-order chi connectivity index (χ0) is 62.7. The normalized spacial score (nSPS) is 16.6. The summed E-state index contributed by atoms with van der Waals surface area (Å²) in [5, 5.41) is 10.6. The predicted octanol–water partition coefficient (Wildman–Crippen LogP) is 18.3. The third-order valence-electron chi connectivity index (χ3n) is 16.7.